The summed E-state index contributed by atoms with van der Waals surface area (Å²) >= 11 is 6.31. The fraction of sp³-hybridized carbons (Fsp3) is 0.471. The third-order valence-electron chi connectivity index (χ3n) is 3.49. The van der Waals surface area contributed by atoms with Crippen molar-refractivity contribution < 1.29 is 0 Å². The first-order valence-corrected chi connectivity index (χ1v) is 8.05. The summed E-state index contributed by atoms with van der Waals surface area (Å²) < 4.78 is 1.89. The Hall–Kier alpha value is -1.32. The Morgan fingerprint density at radius 2 is 2.05 bits per heavy atom. The van der Waals surface area contributed by atoms with Crippen molar-refractivity contribution in [3.63, 3.8) is 0 Å². The molecule has 0 unspecified atom stereocenters. The molecule has 0 atom stereocenters. The number of hydrogen-bond acceptors (Lipinski definition) is 2. The smallest absolute Gasteiger partial charge is 0.0702 e. The number of nitrogens with zero attached hydrogens (tertiary/aromatic N) is 2. The molecule has 0 aliphatic heterocycles. The fourth-order valence-corrected chi connectivity index (χ4v) is 2.66. The molecule has 1 aromatic carbocycles. The zero-order chi connectivity index (χ0) is 15.2. The Kier molecular flexibility index (Phi) is 5.83. The highest BCUT2D eigenvalue weighted by Gasteiger charge is 2.11. The van der Waals surface area contributed by atoms with Gasteiger partial charge in [0.15, 0.2) is 0 Å². The topological polar surface area (TPSA) is 29.9 Å². The van der Waals surface area contributed by atoms with Crippen molar-refractivity contribution in [2.24, 2.45) is 7.05 Å². The minimum atomic E-state index is 0.809. The van der Waals surface area contributed by atoms with Gasteiger partial charge in [0.25, 0.3) is 0 Å². The molecule has 0 amide bonds. The molecule has 0 fully saturated rings. The van der Waals surface area contributed by atoms with Crippen LogP contribution in [0.3, 0.4) is 0 Å². The maximum atomic E-state index is 6.31. The van der Waals surface area contributed by atoms with Crippen molar-refractivity contribution in [2.75, 3.05) is 6.54 Å². The normalized spacial score (nSPS) is 11.0. The lowest BCUT2D eigenvalue weighted by molar-refractivity contribution is 0.676. The van der Waals surface area contributed by atoms with E-state index in [1.807, 2.05) is 17.8 Å². The first-order chi connectivity index (χ1) is 10.2. The van der Waals surface area contributed by atoms with Gasteiger partial charge in [0.2, 0.25) is 0 Å². The van der Waals surface area contributed by atoms with Crippen LogP contribution in [0.25, 0.3) is 11.1 Å². The fourth-order valence-electron chi connectivity index (χ4n) is 2.47. The predicted molar refractivity (Wildman–Crippen MR) is 89.6 cm³/mol. The van der Waals surface area contributed by atoms with E-state index in [4.69, 9.17) is 11.6 Å². The van der Waals surface area contributed by atoms with Crippen molar-refractivity contribution in [3.8, 4) is 11.1 Å². The van der Waals surface area contributed by atoms with Crippen molar-refractivity contribution in [2.45, 2.75) is 39.7 Å². The van der Waals surface area contributed by atoms with Crippen LogP contribution in [0.15, 0.2) is 24.4 Å². The number of hydrogen-bond donors (Lipinski definition) is 1. The summed E-state index contributed by atoms with van der Waals surface area (Å²) in [7, 11) is 1.97. The number of halogens is 1. The molecule has 0 aliphatic rings. The molecule has 0 saturated carbocycles. The highest BCUT2D eigenvalue weighted by Crippen LogP contribution is 2.28. The second-order valence-corrected chi connectivity index (χ2v) is 5.80. The van der Waals surface area contributed by atoms with Crippen LogP contribution < -0.4 is 5.32 Å². The van der Waals surface area contributed by atoms with Gasteiger partial charge in [-0.1, -0.05) is 37.9 Å². The Labute approximate surface area is 132 Å². The van der Waals surface area contributed by atoms with Crippen LogP contribution in [0.1, 0.15) is 37.9 Å². The summed E-state index contributed by atoms with van der Waals surface area (Å²) in [5.74, 6) is 0. The Morgan fingerprint density at radius 1 is 1.24 bits per heavy atom. The van der Waals surface area contributed by atoms with E-state index in [1.165, 1.54) is 11.1 Å². The van der Waals surface area contributed by atoms with E-state index in [-0.39, 0.29) is 0 Å². The molecule has 1 N–H and O–H groups in total. The van der Waals surface area contributed by atoms with Gasteiger partial charge >= 0.3 is 0 Å². The molecule has 114 valence electrons. The molecular formula is C17H24ClN3. The van der Waals surface area contributed by atoms with Crippen molar-refractivity contribution in [1.29, 1.82) is 0 Å². The average molecular weight is 306 g/mol. The van der Waals surface area contributed by atoms with Gasteiger partial charge in [0.1, 0.15) is 0 Å². The predicted octanol–water partition coefficient (Wildman–Crippen LogP) is 4.19. The molecule has 0 spiro atoms. The lowest BCUT2D eigenvalue weighted by atomic mass is 10.0. The molecular weight excluding hydrogens is 282 g/mol. The average Bonchev–Trinajstić information content (AvgIpc) is 2.82. The minimum absolute atomic E-state index is 0.809. The van der Waals surface area contributed by atoms with Crippen LogP contribution in [-0.2, 0) is 20.0 Å². The number of benzene rings is 1. The highest BCUT2D eigenvalue weighted by atomic mass is 35.5. The summed E-state index contributed by atoms with van der Waals surface area (Å²) in [4.78, 5) is 0. The van der Waals surface area contributed by atoms with Crippen LogP contribution in [-0.4, -0.2) is 16.3 Å². The van der Waals surface area contributed by atoms with Crippen LogP contribution in [0.4, 0.5) is 0 Å². The zero-order valence-electron chi connectivity index (χ0n) is 13.1. The van der Waals surface area contributed by atoms with E-state index < -0.39 is 0 Å². The number of rotatable bonds is 7. The Morgan fingerprint density at radius 3 is 2.76 bits per heavy atom. The molecule has 4 heteroatoms. The van der Waals surface area contributed by atoms with Crippen LogP contribution in [0, 0.1) is 0 Å². The van der Waals surface area contributed by atoms with Gasteiger partial charge in [-0.05, 0) is 42.6 Å². The lowest BCUT2D eigenvalue weighted by Gasteiger charge is -2.09. The van der Waals surface area contributed by atoms with Gasteiger partial charge in [0, 0.05) is 30.4 Å². The molecule has 2 rings (SSSR count). The maximum Gasteiger partial charge on any atom is 0.0702 e. The van der Waals surface area contributed by atoms with Gasteiger partial charge in [-0.15, -0.1) is 0 Å². The summed E-state index contributed by atoms with van der Waals surface area (Å²) in [6, 6.07) is 6.26. The first-order valence-electron chi connectivity index (χ1n) is 7.67. The van der Waals surface area contributed by atoms with E-state index in [0.717, 1.165) is 48.6 Å². The number of nitrogens with one attached hydrogen (secondary N) is 1. The third kappa shape index (κ3) is 4.08. The monoisotopic (exact) mass is 305 g/mol. The quantitative estimate of drug-likeness (QED) is 0.777. The second kappa shape index (κ2) is 7.62. The summed E-state index contributed by atoms with van der Waals surface area (Å²) in [5, 5.41) is 8.81. The minimum Gasteiger partial charge on any atom is -0.313 e. The van der Waals surface area contributed by atoms with E-state index >= 15 is 0 Å². The standard InChI is InChI=1S/C17H24ClN3/c1-4-6-17-15(12-21(3)20-17)13-7-8-16(18)14(10-13)11-19-9-5-2/h7-8,10,12,19H,4-6,9,11H2,1-3H3. The molecule has 0 bridgehead atoms. The van der Waals surface area contributed by atoms with Crippen molar-refractivity contribution >= 4 is 11.6 Å². The number of aryl methyl sites for hydroxylation is 2. The lowest BCUT2D eigenvalue weighted by Crippen LogP contribution is -2.14. The van der Waals surface area contributed by atoms with E-state index in [1.54, 1.807) is 0 Å². The zero-order valence-corrected chi connectivity index (χ0v) is 13.9. The van der Waals surface area contributed by atoms with E-state index in [0.29, 0.717) is 0 Å². The first kappa shape index (κ1) is 16.1. The van der Waals surface area contributed by atoms with Gasteiger partial charge in [0.05, 0.1) is 5.69 Å². The van der Waals surface area contributed by atoms with E-state index in [2.05, 4.69) is 42.6 Å². The van der Waals surface area contributed by atoms with Gasteiger partial charge < -0.3 is 5.32 Å². The maximum absolute atomic E-state index is 6.31. The van der Waals surface area contributed by atoms with Crippen LogP contribution in [0.2, 0.25) is 5.02 Å². The van der Waals surface area contributed by atoms with Gasteiger partial charge in [-0.3, -0.25) is 4.68 Å². The summed E-state index contributed by atoms with van der Waals surface area (Å²) in [6.07, 6.45) is 5.32. The van der Waals surface area contributed by atoms with Crippen molar-refractivity contribution in [3.05, 3.63) is 40.7 Å². The van der Waals surface area contributed by atoms with Crippen molar-refractivity contribution in [1.82, 2.24) is 15.1 Å². The summed E-state index contributed by atoms with van der Waals surface area (Å²) in [6.45, 7) is 6.16. The third-order valence-corrected chi connectivity index (χ3v) is 3.86. The molecule has 2 aromatic rings. The largest absolute Gasteiger partial charge is 0.313 e. The molecule has 1 heterocycles. The number of aromatic nitrogens is 2. The summed E-state index contributed by atoms with van der Waals surface area (Å²) in [5.41, 5.74) is 4.72. The molecule has 0 saturated heterocycles. The Balaban J connectivity index is 2.29. The molecule has 21 heavy (non-hydrogen) atoms. The van der Waals surface area contributed by atoms with Crippen LogP contribution in [0.5, 0.6) is 0 Å². The van der Waals surface area contributed by atoms with Gasteiger partial charge in [-0.2, -0.15) is 5.10 Å². The highest BCUT2D eigenvalue weighted by molar-refractivity contribution is 6.31. The Bertz CT molecular complexity index is 590. The SMILES string of the molecule is CCCNCc1cc(-c2cn(C)nc2CCC)ccc1Cl. The molecule has 1 aromatic heterocycles. The van der Waals surface area contributed by atoms with Gasteiger partial charge in [-0.25, -0.2) is 0 Å². The van der Waals surface area contributed by atoms with Crippen LogP contribution >= 0.6 is 11.6 Å². The molecule has 0 radical (unpaired) electrons. The van der Waals surface area contributed by atoms with E-state index in [9.17, 15) is 0 Å². The molecule has 0 aliphatic carbocycles. The molecule has 3 nitrogen and oxygen atoms in total. The second-order valence-electron chi connectivity index (χ2n) is 5.40.